The third-order valence-corrected chi connectivity index (χ3v) is 3.44. The number of hydrogen-bond donors (Lipinski definition) is 0. The van der Waals surface area contributed by atoms with E-state index in [1.54, 1.807) is 0 Å². The Morgan fingerprint density at radius 3 is 2.20 bits per heavy atom. The predicted molar refractivity (Wildman–Crippen MR) is 66.5 cm³/mol. The van der Waals surface area contributed by atoms with Crippen molar-refractivity contribution in [3.63, 3.8) is 0 Å². The van der Waals surface area contributed by atoms with E-state index in [1.807, 2.05) is 0 Å². The fourth-order valence-electron chi connectivity index (χ4n) is 1.24. The molecule has 0 amide bonds. The summed E-state index contributed by atoms with van der Waals surface area (Å²) in [6.45, 7) is -1.20. The van der Waals surface area contributed by atoms with Crippen LogP contribution in [0.5, 0.6) is 5.75 Å². The van der Waals surface area contributed by atoms with Gasteiger partial charge in [0.25, 0.3) is 9.05 Å². The molecule has 1 aromatic carbocycles. The van der Waals surface area contributed by atoms with E-state index in [2.05, 4.69) is 4.74 Å². The van der Waals surface area contributed by atoms with E-state index < -0.39 is 21.8 Å². The van der Waals surface area contributed by atoms with Crippen LogP contribution in [0.2, 0.25) is 0 Å². The second-order valence-electron chi connectivity index (χ2n) is 3.78. The highest BCUT2D eigenvalue weighted by Crippen LogP contribution is 2.19. The molecular weight excluding hydrogens is 321 g/mol. The minimum Gasteiger partial charge on any atom is -0.494 e. The average molecular weight is 333 g/mol. The Hall–Kier alpha value is -0.990. The molecule has 0 fully saturated rings. The van der Waals surface area contributed by atoms with Crippen LogP contribution in [0, 0.1) is 0 Å². The van der Waals surface area contributed by atoms with Gasteiger partial charge in [0.1, 0.15) is 12.4 Å². The van der Waals surface area contributed by atoms with Crippen LogP contribution in [0.3, 0.4) is 0 Å². The summed E-state index contributed by atoms with van der Waals surface area (Å²) in [7, 11) is 1.36. The van der Waals surface area contributed by atoms with E-state index in [9.17, 15) is 21.6 Å². The average Bonchev–Trinajstić information content (AvgIpc) is 2.32. The van der Waals surface area contributed by atoms with Crippen molar-refractivity contribution < 1.29 is 31.1 Å². The molecular formula is C11H12ClF3O4S. The van der Waals surface area contributed by atoms with E-state index in [0.717, 1.165) is 0 Å². The zero-order valence-corrected chi connectivity index (χ0v) is 11.8. The van der Waals surface area contributed by atoms with Crippen molar-refractivity contribution in [1.29, 1.82) is 0 Å². The van der Waals surface area contributed by atoms with Crippen molar-refractivity contribution in [2.24, 2.45) is 0 Å². The van der Waals surface area contributed by atoms with Gasteiger partial charge in [-0.05, 0) is 24.3 Å². The normalized spacial score (nSPS) is 12.4. The largest absolute Gasteiger partial charge is 0.494 e. The third-order valence-electron chi connectivity index (χ3n) is 2.07. The number of hydrogen-bond acceptors (Lipinski definition) is 4. The Morgan fingerprint density at radius 1 is 1.10 bits per heavy atom. The van der Waals surface area contributed by atoms with Crippen LogP contribution in [-0.2, 0) is 13.8 Å². The molecule has 1 aromatic rings. The van der Waals surface area contributed by atoms with E-state index in [1.165, 1.54) is 24.3 Å². The van der Waals surface area contributed by atoms with Gasteiger partial charge in [0, 0.05) is 17.1 Å². The Bertz CT molecular complexity index is 513. The van der Waals surface area contributed by atoms with Crippen molar-refractivity contribution in [2.45, 2.75) is 17.5 Å². The highest BCUT2D eigenvalue weighted by molar-refractivity contribution is 8.13. The van der Waals surface area contributed by atoms with Gasteiger partial charge in [-0.15, -0.1) is 0 Å². The molecule has 0 saturated heterocycles. The molecule has 1 rings (SSSR count). The van der Waals surface area contributed by atoms with Crippen LogP contribution in [0.15, 0.2) is 29.2 Å². The molecule has 0 atom stereocenters. The second-order valence-corrected chi connectivity index (χ2v) is 6.34. The highest BCUT2D eigenvalue weighted by Gasteiger charge is 2.27. The molecule has 4 nitrogen and oxygen atoms in total. The number of benzene rings is 1. The van der Waals surface area contributed by atoms with Gasteiger partial charge in [0.15, 0.2) is 0 Å². The molecule has 0 aliphatic heterocycles. The topological polar surface area (TPSA) is 52.6 Å². The summed E-state index contributed by atoms with van der Waals surface area (Å²) in [6, 6.07) is 5.37. The summed E-state index contributed by atoms with van der Waals surface area (Å²) >= 11 is 0. The molecule has 0 heterocycles. The maximum atomic E-state index is 11.7. The van der Waals surface area contributed by atoms with Gasteiger partial charge >= 0.3 is 6.18 Å². The van der Waals surface area contributed by atoms with Crippen molar-refractivity contribution in [2.75, 3.05) is 19.8 Å². The van der Waals surface area contributed by atoms with Crippen LogP contribution >= 0.6 is 10.7 Å². The van der Waals surface area contributed by atoms with Crippen molar-refractivity contribution in [3.05, 3.63) is 24.3 Å². The maximum Gasteiger partial charge on any atom is 0.411 e. The van der Waals surface area contributed by atoms with Crippen molar-refractivity contribution >= 4 is 19.7 Å². The fourth-order valence-corrected chi connectivity index (χ4v) is 2.01. The SMILES string of the molecule is O=S(=O)(Cl)c1ccc(OCCCOCC(F)(F)F)cc1. The molecule has 0 unspecified atom stereocenters. The third kappa shape index (κ3) is 6.97. The predicted octanol–water partition coefficient (Wildman–Crippen LogP) is 2.96. The minimum absolute atomic E-state index is 0.0555. The molecule has 0 bridgehead atoms. The molecule has 114 valence electrons. The van der Waals surface area contributed by atoms with Gasteiger partial charge in [-0.3, -0.25) is 0 Å². The molecule has 0 radical (unpaired) electrons. The van der Waals surface area contributed by atoms with Crippen LogP contribution in [0.25, 0.3) is 0 Å². The Kier molecular flexibility index (Phi) is 6.09. The first-order chi connectivity index (χ1) is 9.18. The number of halogens is 4. The summed E-state index contributed by atoms with van der Waals surface area (Å²) in [6.07, 6.45) is -4.05. The summed E-state index contributed by atoms with van der Waals surface area (Å²) in [5.74, 6) is 0.393. The van der Waals surface area contributed by atoms with E-state index in [4.69, 9.17) is 15.4 Å². The quantitative estimate of drug-likeness (QED) is 0.569. The molecule has 20 heavy (non-hydrogen) atoms. The molecule has 0 aliphatic rings. The lowest BCUT2D eigenvalue weighted by atomic mass is 10.3. The zero-order valence-electron chi connectivity index (χ0n) is 10.2. The van der Waals surface area contributed by atoms with Gasteiger partial charge in [-0.25, -0.2) is 8.42 Å². The Morgan fingerprint density at radius 2 is 1.70 bits per heavy atom. The highest BCUT2D eigenvalue weighted by atomic mass is 35.7. The monoisotopic (exact) mass is 332 g/mol. The minimum atomic E-state index is -4.33. The molecule has 0 spiro atoms. The standard InChI is InChI=1S/C11H12ClF3O4S/c12-20(16,17)10-4-2-9(3-5-10)19-7-1-6-18-8-11(13,14)15/h2-5H,1,6-8H2. The number of alkyl halides is 3. The smallest absolute Gasteiger partial charge is 0.411 e. The lowest BCUT2D eigenvalue weighted by Gasteiger charge is -2.08. The van der Waals surface area contributed by atoms with Gasteiger partial charge < -0.3 is 9.47 Å². The van der Waals surface area contributed by atoms with E-state index >= 15 is 0 Å². The zero-order chi connectivity index (χ0) is 15.2. The van der Waals surface area contributed by atoms with Crippen LogP contribution < -0.4 is 4.74 Å². The van der Waals surface area contributed by atoms with Gasteiger partial charge in [0.05, 0.1) is 18.1 Å². The lowest BCUT2D eigenvalue weighted by Crippen LogP contribution is -2.18. The first kappa shape index (κ1) is 17.1. The van der Waals surface area contributed by atoms with Gasteiger partial charge in [-0.1, -0.05) is 0 Å². The van der Waals surface area contributed by atoms with Crippen LogP contribution in [0.4, 0.5) is 13.2 Å². The first-order valence-corrected chi connectivity index (χ1v) is 7.81. The number of rotatable bonds is 7. The Balaban J connectivity index is 2.26. The lowest BCUT2D eigenvalue weighted by molar-refractivity contribution is -0.174. The molecule has 0 N–H and O–H groups in total. The summed E-state index contributed by atoms with van der Waals surface area (Å²) in [5.41, 5.74) is 0. The van der Waals surface area contributed by atoms with Crippen molar-refractivity contribution in [3.8, 4) is 5.75 Å². The maximum absolute atomic E-state index is 11.7. The molecule has 0 saturated carbocycles. The van der Waals surface area contributed by atoms with Gasteiger partial charge in [-0.2, -0.15) is 13.2 Å². The summed E-state index contributed by atoms with van der Waals surface area (Å²) in [5, 5.41) is 0. The second kappa shape index (κ2) is 7.14. The first-order valence-electron chi connectivity index (χ1n) is 5.50. The molecule has 0 aliphatic carbocycles. The molecule has 9 heteroatoms. The van der Waals surface area contributed by atoms with Crippen LogP contribution in [0.1, 0.15) is 6.42 Å². The fraction of sp³-hybridized carbons (Fsp3) is 0.455. The van der Waals surface area contributed by atoms with E-state index in [-0.39, 0.29) is 24.5 Å². The number of ether oxygens (including phenoxy) is 2. The summed E-state index contributed by atoms with van der Waals surface area (Å²) in [4.78, 5) is -0.0555. The summed E-state index contributed by atoms with van der Waals surface area (Å²) < 4.78 is 66.8. The molecule has 0 aromatic heterocycles. The Labute approximate surface area is 118 Å². The van der Waals surface area contributed by atoms with Crippen molar-refractivity contribution in [1.82, 2.24) is 0 Å². The van der Waals surface area contributed by atoms with E-state index in [0.29, 0.717) is 5.75 Å². The van der Waals surface area contributed by atoms with Gasteiger partial charge in [0.2, 0.25) is 0 Å². The van der Waals surface area contributed by atoms with Crippen LogP contribution in [-0.4, -0.2) is 34.4 Å².